The molecule has 0 saturated heterocycles. The van der Waals surface area contributed by atoms with Gasteiger partial charge in [-0.1, -0.05) is 18.2 Å². The molecule has 3 aromatic rings. The highest BCUT2D eigenvalue weighted by atomic mass is 32.2. The van der Waals surface area contributed by atoms with Crippen molar-refractivity contribution in [2.45, 2.75) is 39.1 Å². The predicted octanol–water partition coefficient (Wildman–Crippen LogP) is 5.63. The highest BCUT2D eigenvalue weighted by Gasteiger charge is 2.62. The van der Waals surface area contributed by atoms with Crippen LogP contribution in [0.5, 0.6) is 11.5 Å². The number of benzene rings is 3. The number of alkyl halides is 5. The molecule has 0 aliphatic rings. The topological polar surface area (TPSA) is 75.7 Å². The standard InChI is InChI=1S/C23H19F5O5S2/c1-2-32-16-8-12-19(13-9-16)34(18-6-4-3-5-7-18)20-14-10-17(11-15-20)33-21(22(24,25)26)23(27,28)35(29,30)31/h3-15,21H,2H2,1H3. The average molecular weight is 535 g/mol. The van der Waals surface area contributed by atoms with E-state index in [0.717, 1.165) is 21.9 Å². The summed E-state index contributed by atoms with van der Waals surface area (Å²) in [6.45, 7) is 2.33. The van der Waals surface area contributed by atoms with Gasteiger partial charge in [0.1, 0.15) is 11.5 Å². The minimum atomic E-state index is -6.64. The number of ether oxygens (including phenoxy) is 2. The molecule has 0 amide bonds. The van der Waals surface area contributed by atoms with Crippen LogP contribution in [0.4, 0.5) is 22.0 Å². The lowest BCUT2D eigenvalue weighted by Gasteiger charge is -2.30. The Morgan fingerprint density at radius 1 is 0.800 bits per heavy atom. The number of halogens is 5. The molecule has 2 atom stereocenters. The molecule has 0 N–H and O–H groups in total. The Bertz CT molecular complexity index is 1220. The second-order valence-corrected chi connectivity index (χ2v) is 10.5. The van der Waals surface area contributed by atoms with E-state index in [2.05, 4.69) is 4.74 Å². The number of hydrogen-bond donors (Lipinski definition) is 0. The smallest absolute Gasteiger partial charge is 0.432 e. The maximum Gasteiger partial charge on any atom is 0.432 e. The predicted molar refractivity (Wildman–Crippen MR) is 118 cm³/mol. The molecule has 12 heteroatoms. The summed E-state index contributed by atoms with van der Waals surface area (Å²) >= 11 is 0. The van der Waals surface area contributed by atoms with E-state index in [-0.39, 0.29) is 0 Å². The van der Waals surface area contributed by atoms with Crippen molar-refractivity contribution in [3.05, 3.63) is 78.9 Å². The third-order valence-corrected chi connectivity index (χ3v) is 7.71. The van der Waals surface area contributed by atoms with Crippen molar-refractivity contribution < 1.29 is 44.4 Å². The Kier molecular flexibility index (Phi) is 7.97. The largest absolute Gasteiger partial charge is 0.743 e. The van der Waals surface area contributed by atoms with Crippen molar-refractivity contribution in [2.24, 2.45) is 0 Å². The van der Waals surface area contributed by atoms with E-state index in [1.54, 1.807) is 12.1 Å². The molecule has 188 valence electrons. The first-order chi connectivity index (χ1) is 16.3. The Morgan fingerprint density at radius 2 is 1.26 bits per heavy atom. The molecular formula is C23H19F5O5S2. The van der Waals surface area contributed by atoms with Crippen LogP contribution in [0.2, 0.25) is 0 Å². The fourth-order valence-corrected chi connectivity index (χ4v) is 5.56. The third-order valence-electron chi connectivity index (χ3n) is 4.60. The molecule has 0 spiro atoms. The Labute approximate surface area is 201 Å². The van der Waals surface area contributed by atoms with Gasteiger partial charge in [0, 0.05) is 0 Å². The molecule has 0 radical (unpaired) electrons. The van der Waals surface area contributed by atoms with Gasteiger partial charge in [-0.25, -0.2) is 8.42 Å². The maximum atomic E-state index is 13.8. The van der Waals surface area contributed by atoms with Crippen LogP contribution in [0.15, 0.2) is 93.5 Å². The summed E-state index contributed by atoms with van der Waals surface area (Å²) in [4.78, 5) is 2.35. The van der Waals surface area contributed by atoms with Crippen LogP contribution >= 0.6 is 0 Å². The zero-order valence-electron chi connectivity index (χ0n) is 18.0. The summed E-state index contributed by atoms with van der Waals surface area (Å²) < 4.78 is 109. The Morgan fingerprint density at radius 3 is 1.69 bits per heavy atom. The third kappa shape index (κ3) is 6.24. The molecule has 0 aliphatic heterocycles. The molecule has 5 nitrogen and oxygen atoms in total. The first-order valence-electron chi connectivity index (χ1n) is 10.0. The fourth-order valence-electron chi connectivity index (χ4n) is 3.05. The molecule has 0 fully saturated rings. The first kappa shape index (κ1) is 26.8. The summed E-state index contributed by atoms with van der Waals surface area (Å²) in [6.07, 6.45) is -9.99. The van der Waals surface area contributed by atoms with Crippen molar-refractivity contribution >= 4 is 21.0 Å². The van der Waals surface area contributed by atoms with E-state index >= 15 is 0 Å². The van der Waals surface area contributed by atoms with E-state index in [1.165, 1.54) is 12.1 Å². The van der Waals surface area contributed by atoms with Crippen molar-refractivity contribution in [1.29, 1.82) is 0 Å². The van der Waals surface area contributed by atoms with E-state index < -0.39 is 44.3 Å². The normalized spacial score (nSPS) is 14.3. The van der Waals surface area contributed by atoms with Crippen molar-refractivity contribution in [1.82, 2.24) is 0 Å². The Balaban J connectivity index is 1.96. The van der Waals surface area contributed by atoms with E-state index in [9.17, 15) is 34.9 Å². The molecule has 0 aromatic heterocycles. The van der Waals surface area contributed by atoms with Gasteiger partial charge in [-0.3, -0.25) is 0 Å². The van der Waals surface area contributed by atoms with E-state index in [1.807, 2.05) is 49.4 Å². The molecule has 2 unspecified atom stereocenters. The summed E-state index contributed by atoms with van der Waals surface area (Å²) in [7, 11) is -7.37. The monoisotopic (exact) mass is 534 g/mol. The zero-order chi connectivity index (χ0) is 25.9. The van der Waals surface area contributed by atoms with Crippen LogP contribution in [0.25, 0.3) is 0 Å². The zero-order valence-corrected chi connectivity index (χ0v) is 19.7. The number of rotatable bonds is 9. The highest BCUT2D eigenvalue weighted by Crippen LogP contribution is 2.39. The van der Waals surface area contributed by atoms with E-state index in [4.69, 9.17) is 4.74 Å². The summed E-state index contributed by atoms with van der Waals surface area (Å²) in [5.74, 6) is -0.0215. The van der Waals surface area contributed by atoms with Crippen LogP contribution in [0.1, 0.15) is 6.92 Å². The summed E-state index contributed by atoms with van der Waals surface area (Å²) in [6, 6.07) is 21.2. The summed E-state index contributed by atoms with van der Waals surface area (Å²) in [5.41, 5.74) is 0. The van der Waals surface area contributed by atoms with Gasteiger partial charge in [0.25, 0.3) is 6.10 Å². The van der Waals surface area contributed by atoms with E-state index in [0.29, 0.717) is 17.3 Å². The minimum Gasteiger partial charge on any atom is -0.743 e. The number of hydrogen-bond acceptors (Lipinski definition) is 5. The molecule has 0 bridgehead atoms. The van der Waals surface area contributed by atoms with Gasteiger partial charge < -0.3 is 14.0 Å². The van der Waals surface area contributed by atoms with Gasteiger partial charge in [-0.15, -0.1) is 0 Å². The van der Waals surface area contributed by atoms with Gasteiger partial charge in [0.05, 0.1) is 17.5 Å². The molecule has 0 aliphatic carbocycles. The lowest BCUT2D eigenvalue weighted by molar-refractivity contribution is -0.239. The van der Waals surface area contributed by atoms with Gasteiger partial charge in [-0.2, -0.15) is 22.0 Å². The molecule has 0 saturated carbocycles. The fraction of sp³-hybridized carbons (Fsp3) is 0.217. The molecule has 0 heterocycles. The average Bonchev–Trinajstić information content (AvgIpc) is 2.79. The molecule has 3 aromatic carbocycles. The lowest BCUT2D eigenvalue weighted by Crippen LogP contribution is -2.53. The van der Waals surface area contributed by atoms with Crippen molar-refractivity contribution in [3.8, 4) is 11.5 Å². The van der Waals surface area contributed by atoms with Gasteiger partial charge in [0.15, 0.2) is 24.8 Å². The van der Waals surface area contributed by atoms with Crippen molar-refractivity contribution in [3.63, 3.8) is 0 Å². The van der Waals surface area contributed by atoms with Crippen LogP contribution in [-0.2, 0) is 21.0 Å². The van der Waals surface area contributed by atoms with Gasteiger partial charge in [0.2, 0.25) is 0 Å². The van der Waals surface area contributed by atoms with Crippen LogP contribution in [-0.4, -0.2) is 37.1 Å². The molecular weight excluding hydrogens is 515 g/mol. The van der Waals surface area contributed by atoms with Crippen LogP contribution in [0, 0.1) is 0 Å². The van der Waals surface area contributed by atoms with Crippen LogP contribution in [0.3, 0.4) is 0 Å². The molecule has 3 rings (SSSR count). The second kappa shape index (κ2) is 10.4. The lowest BCUT2D eigenvalue weighted by atomic mass is 10.3. The maximum absolute atomic E-state index is 13.8. The quantitative estimate of drug-likeness (QED) is 0.202. The van der Waals surface area contributed by atoms with Crippen molar-refractivity contribution in [2.75, 3.05) is 6.61 Å². The Hall–Kier alpha value is -2.83. The van der Waals surface area contributed by atoms with Gasteiger partial charge in [-0.05, 0) is 67.6 Å². The molecule has 35 heavy (non-hydrogen) atoms. The SMILES string of the molecule is CCOc1ccc([S+](c2ccccc2)c2ccc(OC(C(F)(F)F)C(F)(F)S(=O)(=O)[O-])cc2)cc1. The minimum absolute atomic E-state index is 0.483. The van der Waals surface area contributed by atoms with Crippen LogP contribution < -0.4 is 9.47 Å². The van der Waals surface area contributed by atoms with Gasteiger partial charge >= 0.3 is 11.4 Å². The summed E-state index contributed by atoms with van der Waals surface area (Å²) in [5, 5.41) is -5.72. The second-order valence-electron chi connectivity index (χ2n) is 7.05. The highest BCUT2D eigenvalue weighted by molar-refractivity contribution is 7.97. The first-order valence-corrected chi connectivity index (χ1v) is 12.7.